The van der Waals surface area contributed by atoms with Gasteiger partial charge in [0.05, 0.1) is 6.04 Å². The Labute approximate surface area is 107 Å². The molecule has 0 saturated carbocycles. The van der Waals surface area contributed by atoms with E-state index in [1.807, 2.05) is 13.0 Å². The van der Waals surface area contributed by atoms with Crippen LogP contribution < -0.4 is 16.4 Å². The predicted molar refractivity (Wildman–Crippen MR) is 72.4 cm³/mol. The molecule has 0 aliphatic rings. The second-order valence-electron chi connectivity index (χ2n) is 4.21. The molecule has 0 bridgehead atoms. The Bertz CT molecular complexity index is 456. The first-order valence-electron chi connectivity index (χ1n) is 5.91. The van der Waals surface area contributed by atoms with Crippen LogP contribution >= 0.6 is 0 Å². The molecule has 0 unspecified atom stereocenters. The van der Waals surface area contributed by atoms with E-state index >= 15 is 0 Å². The number of aryl methyl sites for hydroxylation is 1. The summed E-state index contributed by atoms with van der Waals surface area (Å²) in [5.41, 5.74) is 7.73. The van der Waals surface area contributed by atoms with E-state index in [0.717, 1.165) is 5.56 Å². The minimum Gasteiger partial charge on any atom is -0.326 e. The van der Waals surface area contributed by atoms with Crippen LogP contribution in [-0.4, -0.2) is 17.9 Å². The van der Waals surface area contributed by atoms with E-state index in [1.54, 1.807) is 26.0 Å². The molecule has 18 heavy (non-hydrogen) atoms. The maximum absolute atomic E-state index is 11.5. The molecule has 0 saturated heterocycles. The summed E-state index contributed by atoms with van der Waals surface area (Å²) in [6.07, 6.45) is 0.412. The molecular weight excluding hydrogens is 230 g/mol. The quantitative estimate of drug-likeness (QED) is 0.758. The lowest BCUT2D eigenvalue weighted by molar-refractivity contribution is -0.117. The minimum atomic E-state index is -0.571. The third-order valence-corrected chi connectivity index (χ3v) is 2.51. The maximum atomic E-state index is 11.5. The van der Waals surface area contributed by atoms with Crippen molar-refractivity contribution in [3.63, 3.8) is 0 Å². The van der Waals surface area contributed by atoms with Gasteiger partial charge in [-0.25, -0.2) is 0 Å². The molecule has 5 nitrogen and oxygen atoms in total. The Morgan fingerprint density at radius 1 is 1.33 bits per heavy atom. The third-order valence-electron chi connectivity index (χ3n) is 2.51. The van der Waals surface area contributed by atoms with Crippen LogP contribution in [0.2, 0.25) is 0 Å². The van der Waals surface area contributed by atoms with Gasteiger partial charge in [-0.3, -0.25) is 9.59 Å². The van der Waals surface area contributed by atoms with Crippen molar-refractivity contribution in [3.05, 3.63) is 23.8 Å². The highest BCUT2D eigenvalue weighted by Gasteiger charge is 2.10. The van der Waals surface area contributed by atoms with Crippen molar-refractivity contribution in [3.8, 4) is 0 Å². The number of carbonyl (C=O) groups is 2. The Hall–Kier alpha value is -1.88. The zero-order valence-electron chi connectivity index (χ0n) is 10.9. The molecule has 0 fully saturated rings. The van der Waals surface area contributed by atoms with Gasteiger partial charge in [-0.1, -0.05) is 13.0 Å². The van der Waals surface area contributed by atoms with Gasteiger partial charge in [0, 0.05) is 17.8 Å². The predicted octanol–water partition coefficient (Wildman–Crippen LogP) is 1.63. The molecule has 1 aromatic rings. The van der Waals surface area contributed by atoms with Gasteiger partial charge in [-0.15, -0.1) is 0 Å². The largest absolute Gasteiger partial charge is 0.326 e. The Morgan fingerprint density at radius 3 is 2.56 bits per heavy atom. The molecule has 0 radical (unpaired) electrons. The summed E-state index contributed by atoms with van der Waals surface area (Å²) in [5, 5.41) is 5.47. The van der Waals surface area contributed by atoms with Gasteiger partial charge in [0.15, 0.2) is 0 Å². The molecule has 2 amide bonds. The van der Waals surface area contributed by atoms with Crippen molar-refractivity contribution in [2.75, 3.05) is 10.6 Å². The Morgan fingerprint density at radius 2 is 2.00 bits per heavy atom. The molecule has 0 spiro atoms. The zero-order valence-corrected chi connectivity index (χ0v) is 10.9. The number of carbonyl (C=O) groups excluding carboxylic acids is 2. The number of anilines is 2. The van der Waals surface area contributed by atoms with Crippen molar-refractivity contribution in [1.82, 2.24) is 0 Å². The average molecular weight is 249 g/mol. The zero-order chi connectivity index (χ0) is 13.7. The van der Waals surface area contributed by atoms with E-state index < -0.39 is 6.04 Å². The molecule has 1 aromatic carbocycles. The third kappa shape index (κ3) is 3.85. The molecular formula is C13H19N3O2. The number of hydrogen-bond acceptors (Lipinski definition) is 3. The van der Waals surface area contributed by atoms with Gasteiger partial charge >= 0.3 is 0 Å². The molecule has 0 aliphatic heterocycles. The Balaban J connectivity index is 2.87. The van der Waals surface area contributed by atoms with Crippen molar-refractivity contribution in [2.45, 2.75) is 33.2 Å². The van der Waals surface area contributed by atoms with Crippen LogP contribution in [0, 0.1) is 6.92 Å². The first-order valence-corrected chi connectivity index (χ1v) is 5.91. The lowest BCUT2D eigenvalue weighted by Gasteiger charge is -2.12. The van der Waals surface area contributed by atoms with Gasteiger partial charge in [-0.05, 0) is 31.5 Å². The second-order valence-corrected chi connectivity index (χ2v) is 4.21. The average Bonchev–Trinajstić information content (AvgIpc) is 2.33. The van der Waals surface area contributed by atoms with Crippen molar-refractivity contribution in [1.29, 1.82) is 0 Å². The van der Waals surface area contributed by atoms with Gasteiger partial charge in [0.25, 0.3) is 0 Å². The normalized spacial score (nSPS) is 11.8. The number of nitrogens with one attached hydrogen (secondary N) is 2. The fraction of sp³-hybridized carbons (Fsp3) is 0.385. The van der Waals surface area contributed by atoms with Crippen LogP contribution in [0.25, 0.3) is 0 Å². The minimum absolute atomic E-state index is 0.0664. The number of rotatable bonds is 4. The summed E-state index contributed by atoms with van der Waals surface area (Å²) in [7, 11) is 0. The van der Waals surface area contributed by atoms with Gasteiger partial charge < -0.3 is 16.4 Å². The SMILES string of the molecule is CCC(=O)Nc1ccc(C)c(NC(=O)[C@@H](C)N)c1. The first-order chi connectivity index (χ1) is 8.43. The molecule has 0 aliphatic carbocycles. The van der Waals surface area contributed by atoms with Gasteiger partial charge in [0.2, 0.25) is 11.8 Å². The van der Waals surface area contributed by atoms with Crippen molar-refractivity contribution >= 4 is 23.2 Å². The highest BCUT2D eigenvalue weighted by Crippen LogP contribution is 2.20. The molecule has 1 rings (SSSR count). The smallest absolute Gasteiger partial charge is 0.241 e. The van der Waals surface area contributed by atoms with Crippen LogP contribution in [0.4, 0.5) is 11.4 Å². The fourth-order valence-corrected chi connectivity index (χ4v) is 1.33. The molecule has 0 heterocycles. The number of nitrogens with two attached hydrogens (primary N) is 1. The molecule has 4 N–H and O–H groups in total. The standard InChI is InChI=1S/C13H19N3O2/c1-4-12(17)15-10-6-5-8(2)11(7-10)16-13(18)9(3)14/h5-7,9H,4,14H2,1-3H3,(H,15,17)(H,16,18)/t9-/m1/s1. The molecule has 0 aromatic heterocycles. The van der Waals surface area contributed by atoms with Crippen molar-refractivity contribution < 1.29 is 9.59 Å². The van der Waals surface area contributed by atoms with E-state index in [0.29, 0.717) is 17.8 Å². The summed E-state index contributed by atoms with van der Waals surface area (Å²) in [5.74, 6) is -0.319. The molecule has 98 valence electrons. The highest BCUT2D eigenvalue weighted by atomic mass is 16.2. The number of benzene rings is 1. The summed E-state index contributed by atoms with van der Waals surface area (Å²) in [6, 6.07) is 4.79. The molecule has 5 heteroatoms. The highest BCUT2D eigenvalue weighted by molar-refractivity contribution is 5.96. The van der Waals surface area contributed by atoms with Gasteiger partial charge in [0.1, 0.15) is 0 Å². The van der Waals surface area contributed by atoms with Crippen LogP contribution in [0.5, 0.6) is 0 Å². The van der Waals surface area contributed by atoms with Gasteiger partial charge in [-0.2, -0.15) is 0 Å². The summed E-state index contributed by atoms with van der Waals surface area (Å²) in [4.78, 5) is 22.8. The van der Waals surface area contributed by atoms with E-state index in [2.05, 4.69) is 10.6 Å². The summed E-state index contributed by atoms with van der Waals surface area (Å²) in [6.45, 7) is 5.28. The van der Waals surface area contributed by atoms with E-state index in [9.17, 15) is 9.59 Å². The van der Waals surface area contributed by atoms with Crippen molar-refractivity contribution in [2.24, 2.45) is 5.73 Å². The van der Waals surface area contributed by atoms with Crippen LogP contribution in [0.1, 0.15) is 25.8 Å². The number of amides is 2. The Kier molecular flexibility index (Phi) is 4.85. The van der Waals surface area contributed by atoms with E-state index in [1.165, 1.54) is 0 Å². The summed E-state index contributed by atoms with van der Waals surface area (Å²) >= 11 is 0. The molecule has 1 atom stereocenters. The fourth-order valence-electron chi connectivity index (χ4n) is 1.33. The van der Waals surface area contributed by atoms with E-state index in [-0.39, 0.29) is 11.8 Å². The first kappa shape index (κ1) is 14.2. The lowest BCUT2D eigenvalue weighted by atomic mass is 10.1. The van der Waals surface area contributed by atoms with Crippen LogP contribution in [0.3, 0.4) is 0 Å². The summed E-state index contributed by atoms with van der Waals surface area (Å²) < 4.78 is 0. The lowest BCUT2D eigenvalue weighted by Crippen LogP contribution is -2.32. The van der Waals surface area contributed by atoms with Crippen LogP contribution in [0.15, 0.2) is 18.2 Å². The van der Waals surface area contributed by atoms with E-state index in [4.69, 9.17) is 5.73 Å². The maximum Gasteiger partial charge on any atom is 0.241 e. The monoisotopic (exact) mass is 249 g/mol. The van der Waals surface area contributed by atoms with Crippen LogP contribution in [-0.2, 0) is 9.59 Å². The second kappa shape index (κ2) is 6.16. The topological polar surface area (TPSA) is 84.2 Å². The number of hydrogen-bond donors (Lipinski definition) is 3.